The van der Waals surface area contributed by atoms with Gasteiger partial charge in [-0.1, -0.05) is 63.7 Å². The molecule has 5 heteroatoms. The molecule has 0 N–H and O–H groups in total. The molecule has 0 aromatic heterocycles. The molecular weight excluding hydrogens is 496 g/mol. The summed E-state index contributed by atoms with van der Waals surface area (Å²) in [7, 11) is 0. The van der Waals surface area contributed by atoms with E-state index in [0.29, 0.717) is 30.1 Å². The van der Waals surface area contributed by atoms with Crippen molar-refractivity contribution in [1.82, 2.24) is 0 Å². The summed E-state index contributed by atoms with van der Waals surface area (Å²) in [6.07, 6.45) is 5.38. The Bertz CT molecular complexity index is 272. The van der Waals surface area contributed by atoms with Crippen LogP contribution >= 0.6 is 75.5 Å². The van der Waals surface area contributed by atoms with Crippen molar-refractivity contribution in [2.45, 2.75) is 45.0 Å². The van der Waals surface area contributed by atoms with E-state index in [9.17, 15) is 0 Å². The zero-order valence-corrected chi connectivity index (χ0v) is 16.6. The highest BCUT2D eigenvalue weighted by molar-refractivity contribution is 9.12. The quantitative estimate of drug-likeness (QED) is 0.395. The van der Waals surface area contributed by atoms with Gasteiger partial charge in [0.15, 0.2) is 0 Å². The van der Waals surface area contributed by atoms with Crippen LogP contribution < -0.4 is 0 Å². The van der Waals surface area contributed by atoms with E-state index < -0.39 is 0 Å². The van der Waals surface area contributed by atoms with Gasteiger partial charge in [0.25, 0.3) is 0 Å². The van der Waals surface area contributed by atoms with Gasteiger partial charge < -0.3 is 0 Å². The minimum Gasteiger partial charge on any atom is -0.161 e. The SMILES string of the molecule is Br[C@@H]1CC23CSCC2(C[C@@H]1Br)C[C@H](Br)[C@H](Br)C3. The van der Waals surface area contributed by atoms with E-state index in [4.69, 9.17) is 0 Å². The second kappa shape index (κ2) is 4.92. The van der Waals surface area contributed by atoms with Gasteiger partial charge >= 0.3 is 0 Å². The smallest absolute Gasteiger partial charge is 0.0277 e. The molecule has 98 valence electrons. The minimum atomic E-state index is 0.578. The molecule has 0 amide bonds. The van der Waals surface area contributed by atoms with Crippen molar-refractivity contribution in [1.29, 1.82) is 0 Å². The highest BCUT2D eigenvalue weighted by Crippen LogP contribution is 2.68. The maximum absolute atomic E-state index is 3.90. The van der Waals surface area contributed by atoms with Gasteiger partial charge in [0.1, 0.15) is 0 Å². The molecule has 0 nitrogen and oxygen atoms in total. The first-order valence-electron chi connectivity index (χ1n) is 6.12. The van der Waals surface area contributed by atoms with E-state index in [-0.39, 0.29) is 0 Å². The standard InChI is InChI=1S/C12H16Br4S/c13-7-1-11-2-9(15)10(16)4-12(11,3-8(7)14)6-17-5-11/h7-10H,1-6H2/t7-,8+,9-,10+,11?,12?. The maximum atomic E-state index is 3.90. The van der Waals surface area contributed by atoms with Gasteiger partial charge in [-0.2, -0.15) is 11.8 Å². The van der Waals surface area contributed by atoms with E-state index >= 15 is 0 Å². The van der Waals surface area contributed by atoms with Gasteiger partial charge in [0.05, 0.1) is 0 Å². The first-order valence-corrected chi connectivity index (χ1v) is 10.9. The Kier molecular flexibility index (Phi) is 4.12. The minimum absolute atomic E-state index is 0.578. The molecule has 1 heterocycles. The number of hydrogen-bond donors (Lipinski definition) is 0. The fourth-order valence-electron chi connectivity index (χ4n) is 4.02. The monoisotopic (exact) mass is 508 g/mol. The number of hydrogen-bond acceptors (Lipinski definition) is 1. The first kappa shape index (κ1) is 14.2. The molecule has 3 aliphatic rings. The summed E-state index contributed by atoms with van der Waals surface area (Å²) in [5.41, 5.74) is 1.16. The van der Waals surface area contributed by atoms with Crippen LogP contribution in [0.15, 0.2) is 0 Å². The summed E-state index contributed by atoms with van der Waals surface area (Å²) in [6, 6.07) is 0. The predicted molar refractivity (Wildman–Crippen MR) is 91.5 cm³/mol. The van der Waals surface area contributed by atoms with Crippen molar-refractivity contribution >= 4 is 75.5 Å². The number of alkyl halides is 4. The van der Waals surface area contributed by atoms with E-state index in [1.54, 1.807) is 0 Å². The molecule has 0 aromatic rings. The van der Waals surface area contributed by atoms with Gasteiger partial charge in [0, 0.05) is 19.3 Å². The van der Waals surface area contributed by atoms with E-state index in [1.165, 1.54) is 37.2 Å². The van der Waals surface area contributed by atoms with Crippen molar-refractivity contribution in [3.05, 3.63) is 0 Å². The molecule has 0 unspecified atom stereocenters. The van der Waals surface area contributed by atoms with Crippen LogP contribution in [0.1, 0.15) is 25.7 Å². The third-order valence-corrected chi connectivity index (χ3v) is 11.8. The van der Waals surface area contributed by atoms with Crippen molar-refractivity contribution < 1.29 is 0 Å². The lowest BCUT2D eigenvalue weighted by molar-refractivity contribution is 0.00618. The Morgan fingerprint density at radius 1 is 0.647 bits per heavy atom. The summed E-state index contributed by atoms with van der Waals surface area (Å²) in [5.74, 6) is 2.74. The number of thioether (sulfide) groups is 1. The summed E-state index contributed by atoms with van der Waals surface area (Å²) >= 11 is 17.8. The van der Waals surface area contributed by atoms with Crippen LogP contribution in [0.25, 0.3) is 0 Å². The molecule has 1 aliphatic heterocycles. The lowest BCUT2D eigenvalue weighted by Gasteiger charge is -2.57. The largest absolute Gasteiger partial charge is 0.161 e. The van der Waals surface area contributed by atoms with Gasteiger partial charge in [-0.05, 0) is 48.0 Å². The second-order valence-corrected chi connectivity index (χ2v) is 11.6. The molecular formula is C12H16Br4S. The fourth-order valence-corrected chi connectivity index (χ4v) is 9.21. The lowest BCUT2D eigenvalue weighted by Crippen LogP contribution is -2.56. The molecule has 1 saturated heterocycles. The van der Waals surface area contributed by atoms with Crippen LogP contribution in [0.3, 0.4) is 0 Å². The summed E-state index contributed by atoms with van der Waals surface area (Å²) in [4.78, 5) is 2.61. The van der Waals surface area contributed by atoms with Gasteiger partial charge in [-0.3, -0.25) is 0 Å². The van der Waals surface area contributed by atoms with Crippen LogP contribution in [0.2, 0.25) is 0 Å². The highest BCUT2D eigenvalue weighted by atomic mass is 79.9. The zero-order valence-electron chi connectivity index (χ0n) is 9.47. The zero-order chi connectivity index (χ0) is 12.3. The molecule has 17 heavy (non-hydrogen) atoms. The normalized spacial score (nSPS) is 58.6. The molecule has 0 radical (unpaired) electrons. The Balaban J connectivity index is 1.96. The van der Waals surface area contributed by atoms with Gasteiger partial charge in [-0.25, -0.2) is 0 Å². The molecule has 4 atom stereocenters. The molecule has 0 spiro atoms. The summed E-state index contributed by atoms with van der Waals surface area (Å²) < 4.78 is 0. The number of halogens is 4. The van der Waals surface area contributed by atoms with Gasteiger partial charge in [-0.15, -0.1) is 0 Å². The van der Waals surface area contributed by atoms with E-state index in [0.717, 1.165) is 0 Å². The molecule has 3 rings (SSSR count). The Morgan fingerprint density at radius 3 is 1.24 bits per heavy atom. The molecule has 0 aromatic carbocycles. The van der Waals surface area contributed by atoms with Crippen molar-refractivity contribution in [2.75, 3.05) is 11.5 Å². The third kappa shape index (κ3) is 2.16. The lowest BCUT2D eigenvalue weighted by atomic mass is 9.52. The average molecular weight is 512 g/mol. The van der Waals surface area contributed by atoms with Crippen LogP contribution in [0, 0.1) is 10.8 Å². The van der Waals surface area contributed by atoms with Crippen molar-refractivity contribution in [3.63, 3.8) is 0 Å². The van der Waals surface area contributed by atoms with Gasteiger partial charge in [0.2, 0.25) is 0 Å². The fraction of sp³-hybridized carbons (Fsp3) is 1.00. The Hall–Kier alpha value is 2.27. The van der Waals surface area contributed by atoms with E-state index in [2.05, 4.69) is 75.5 Å². The second-order valence-electron chi connectivity index (χ2n) is 5.93. The molecule has 0 bridgehead atoms. The van der Waals surface area contributed by atoms with E-state index in [1.807, 2.05) is 0 Å². The van der Waals surface area contributed by atoms with Crippen molar-refractivity contribution in [2.24, 2.45) is 10.8 Å². The van der Waals surface area contributed by atoms with Crippen LogP contribution in [0.5, 0.6) is 0 Å². The Morgan fingerprint density at radius 2 is 0.941 bits per heavy atom. The first-order chi connectivity index (χ1) is 7.98. The van der Waals surface area contributed by atoms with Crippen LogP contribution in [0.4, 0.5) is 0 Å². The highest BCUT2D eigenvalue weighted by Gasteiger charge is 2.62. The summed E-state index contributed by atoms with van der Waals surface area (Å²) in [5, 5.41) is 0. The molecule has 3 fully saturated rings. The summed E-state index contributed by atoms with van der Waals surface area (Å²) in [6.45, 7) is 0. The maximum Gasteiger partial charge on any atom is 0.0277 e. The van der Waals surface area contributed by atoms with Crippen LogP contribution in [-0.2, 0) is 0 Å². The third-order valence-electron chi connectivity index (χ3n) is 5.01. The molecule has 2 aliphatic carbocycles. The van der Waals surface area contributed by atoms with Crippen LogP contribution in [-0.4, -0.2) is 30.8 Å². The Labute approximate surface area is 141 Å². The van der Waals surface area contributed by atoms with Crippen molar-refractivity contribution in [3.8, 4) is 0 Å². The predicted octanol–water partition coefficient (Wildman–Crippen LogP) is 5.35. The average Bonchev–Trinajstić information content (AvgIpc) is 2.57. The molecule has 2 saturated carbocycles. The number of rotatable bonds is 0. The topological polar surface area (TPSA) is 0 Å².